The van der Waals surface area contributed by atoms with Crippen molar-refractivity contribution >= 4 is 17.9 Å². The normalized spacial score (nSPS) is 30.3. The van der Waals surface area contributed by atoms with Gasteiger partial charge in [0.05, 0.1) is 11.8 Å². The van der Waals surface area contributed by atoms with E-state index in [2.05, 4.69) is 5.32 Å². The van der Waals surface area contributed by atoms with Crippen LogP contribution in [0, 0.1) is 11.8 Å². The molecule has 20 heavy (non-hydrogen) atoms. The molecule has 2 atom stereocenters. The van der Waals surface area contributed by atoms with Crippen molar-refractivity contribution < 1.29 is 19.5 Å². The van der Waals surface area contributed by atoms with Crippen LogP contribution in [-0.2, 0) is 9.59 Å². The number of carboxylic acids is 1. The maximum Gasteiger partial charge on any atom is 0.317 e. The van der Waals surface area contributed by atoms with Gasteiger partial charge in [0, 0.05) is 32.2 Å². The molecule has 3 fully saturated rings. The van der Waals surface area contributed by atoms with E-state index in [1.807, 2.05) is 4.90 Å². The molecule has 3 rings (SSSR count). The van der Waals surface area contributed by atoms with Crippen molar-refractivity contribution in [2.45, 2.75) is 25.3 Å². The Morgan fingerprint density at radius 1 is 1.15 bits per heavy atom. The summed E-state index contributed by atoms with van der Waals surface area (Å²) in [6, 6.07) is 0.193. The number of carbonyl (C=O) groups is 3. The number of rotatable bonds is 3. The lowest BCUT2D eigenvalue weighted by atomic mass is 10.0. The number of nitrogens with one attached hydrogen (secondary N) is 1. The third-order valence-corrected chi connectivity index (χ3v) is 4.53. The molecule has 1 aliphatic carbocycles. The summed E-state index contributed by atoms with van der Waals surface area (Å²) in [7, 11) is 0. The summed E-state index contributed by atoms with van der Waals surface area (Å²) in [5.41, 5.74) is 0. The van der Waals surface area contributed by atoms with Crippen molar-refractivity contribution in [3.63, 3.8) is 0 Å². The summed E-state index contributed by atoms with van der Waals surface area (Å²) in [5, 5.41) is 11.7. The molecular formula is C13H19N3O4. The molecular weight excluding hydrogens is 262 g/mol. The highest BCUT2D eigenvalue weighted by Crippen LogP contribution is 2.40. The molecule has 2 N–H and O–H groups in total. The highest BCUT2D eigenvalue weighted by Gasteiger charge is 2.50. The number of likely N-dealkylation sites (tertiary alicyclic amines) is 1. The molecule has 1 saturated carbocycles. The lowest BCUT2D eigenvalue weighted by Gasteiger charge is -2.36. The molecule has 0 bridgehead atoms. The largest absolute Gasteiger partial charge is 0.481 e. The van der Waals surface area contributed by atoms with Gasteiger partial charge in [-0.3, -0.25) is 9.59 Å². The summed E-state index contributed by atoms with van der Waals surface area (Å²) in [5.74, 6) is -1.70. The molecule has 110 valence electrons. The predicted molar refractivity (Wildman–Crippen MR) is 68.9 cm³/mol. The van der Waals surface area contributed by atoms with Gasteiger partial charge >= 0.3 is 12.0 Å². The Morgan fingerprint density at radius 3 is 2.35 bits per heavy atom. The van der Waals surface area contributed by atoms with Crippen LogP contribution in [0.4, 0.5) is 4.79 Å². The fourth-order valence-electron chi connectivity index (χ4n) is 3.21. The zero-order valence-electron chi connectivity index (χ0n) is 11.2. The Hall–Kier alpha value is -1.79. The molecule has 2 heterocycles. The van der Waals surface area contributed by atoms with Crippen molar-refractivity contribution in [3.05, 3.63) is 0 Å². The van der Waals surface area contributed by atoms with Gasteiger partial charge in [-0.05, 0) is 19.3 Å². The van der Waals surface area contributed by atoms with Gasteiger partial charge < -0.3 is 20.2 Å². The Kier molecular flexibility index (Phi) is 3.27. The number of urea groups is 1. The van der Waals surface area contributed by atoms with E-state index in [0.29, 0.717) is 26.1 Å². The summed E-state index contributed by atoms with van der Waals surface area (Å²) < 4.78 is 0. The molecule has 3 amide bonds. The molecule has 7 nitrogen and oxygen atoms in total. The second kappa shape index (κ2) is 4.96. The van der Waals surface area contributed by atoms with Crippen molar-refractivity contribution in [3.8, 4) is 0 Å². The first-order valence-corrected chi connectivity index (χ1v) is 7.14. The summed E-state index contributed by atoms with van der Waals surface area (Å²) in [4.78, 5) is 38.1. The summed E-state index contributed by atoms with van der Waals surface area (Å²) >= 11 is 0. The first kappa shape index (κ1) is 13.2. The Morgan fingerprint density at radius 2 is 1.85 bits per heavy atom. The first-order valence-electron chi connectivity index (χ1n) is 7.14. The fourth-order valence-corrected chi connectivity index (χ4v) is 3.21. The van der Waals surface area contributed by atoms with E-state index in [9.17, 15) is 14.4 Å². The molecule has 0 spiro atoms. The number of hydrogen-bond donors (Lipinski definition) is 2. The maximum atomic E-state index is 12.1. The van der Waals surface area contributed by atoms with Gasteiger partial charge in [0.2, 0.25) is 5.91 Å². The topological polar surface area (TPSA) is 89.9 Å². The molecule has 0 aromatic heterocycles. The Labute approximate surface area is 116 Å². The van der Waals surface area contributed by atoms with Crippen LogP contribution in [0.3, 0.4) is 0 Å². The van der Waals surface area contributed by atoms with E-state index < -0.39 is 11.9 Å². The van der Waals surface area contributed by atoms with E-state index in [-0.39, 0.29) is 23.9 Å². The van der Waals surface area contributed by atoms with Crippen molar-refractivity contribution in [2.24, 2.45) is 11.8 Å². The highest BCUT2D eigenvalue weighted by molar-refractivity contribution is 5.89. The van der Waals surface area contributed by atoms with Crippen LogP contribution in [-0.4, -0.2) is 65.0 Å². The average Bonchev–Trinajstić information content (AvgIpc) is 3.14. The van der Waals surface area contributed by atoms with Crippen LogP contribution < -0.4 is 5.32 Å². The minimum absolute atomic E-state index is 0.0112. The van der Waals surface area contributed by atoms with Gasteiger partial charge in [-0.2, -0.15) is 0 Å². The minimum Gasteiger partial charge on any atom is -0.481 e. The maximum absolute atomic E-state index is 12.1. The van der Waals surface area contributed by atoms with Crippen LogP contribution in [0.15, 0.2) is 0 Å². The van der Waals surface area contributed by atoms with Gasteiger partial charge in [-0.1, -0.05) is 0 Å². The van der Waals surface area contributed by atoms with E-state index in [4.69, 9.17) is 5.11 Å². The van der Waals surface area contributed by atoms with Crippen LogP contribution in [0.5, 0.6) is 0 Å². The minimum atomic E-state index is -0.869. The smallest absolute Gasteiger partial charge is 0.317 e. The zero-order valence-corrected chi connectivity index (χ0v) is 11.2. The van der Waals surface area contributed by atoms with Crippen molar-refractivity contribution in [1.82, 2.24) is 15.1 Å². The predicted octanol–water partition coefficient (Wildman–Crippen LogP) is -0.277. The number of amides is 3. The number of aliphatic carboxylic acids is 1. The molecule has 7 heteroatoms. The highest BCUT2D eigenvalue weighted by atomic mass is 16.4. The quantitative estimate of drug-likeness (QED) is 0.744. The molecule has 0 unspecified atom stereocenters. The van der Waals surface area contributed by atoms with Gasteiger partial charge in [0.1, 0.15) is 0 Å². The van der Waals surface area contributed by atoms with E-state index in [1.165, 1.54) is 0 Å². The Balaban J connectivity index is 1.50. The average molecular weight is 281 g/mol. The zero-order chi connectivity index (χ0) is 14.3. The second-order valence-corrected chi connectivity index (χ2v) is 5.77. The third-order valence-electron chi connectivity index (χ3n) is 4.53. The van der Waals surface area contributed by atoms with Crippen LogP contribution >= 0.6 is 0 Å². The summed E-state index contributed by atoms with van der Waals surface area (Å²) in [6.07, 6.45) is 2.04. The monoisotopic (exact) mass is 281 g/mol. The number of carbonyl (C=O) groups excluding carboxylic acids is 2. The molecule has 2 saturated heterocycles. The van der Waals surface area contributed by atoms with Gasteiger partial charge in [-0.15, -0.1) is 0 Å². The van der Waals surface area contributed by atoms with Gasteiger partial charge in [0.25, 0.3) is 0 Å². The SMILES string of the molecule is O=C(O)[C@H]1C[C@H]1C(=O)N1CCC(N2CCNC2=O)CC1. The van der Waals surface area contributed by atoms with Crippen LogP contribution in [0.1, 0.15) is 19.3 Å². The standard InChI is InChI=1S/C13H19N3O4/c17-11(9-7-10(9)12(18)19)15-4-1-8(2-5-15)16-6-3-14-13(16)20/h8-10H,1-7H2,(H,14,20)(H,18,19)/t9-,10+/m1/s1. The van der Waals surface area contributed by atoms with E-state index >= 15 is 0 Å². The Bertz CT molecular complexity index is 445. The molecule has 0 aromatic carbocycles. The molecule has 2 aliphatic heterocycles. The number of piperidine rings is 1. The van der Waals surface area contributed by atoms with Gasteiger partial charge in [0.15, 0.2) is 0 Å². The van der Waals surface area contributed by atoms with Crippen LogP contribution in [0.2, 0.25) is 0 Å². The number of carboxylic acid groups (broad SMARTS) is 1. The van der Waals surface area contributed by atoms with Gasteiger partial charge in [-0.25, -0.2) is 4.79 Å². The second-order valence-electron chi connectivity index (χ2n) is 5.77. The lowest BCUT2D eigenvalue weighted by molar-refractivity contribution is -0.142. The van der Waals surface area contributed by atoms with Crippen molar-refractivity contribution in [1.29, 1.82) is 0 Å². The van der Waals surface area contributed by atoms with Crippen molar-refractivity contribution in [2.75, 3.05) is 26.2 Å². The van der Waals surface area contributed by atoms with Crippen LogP contribution in [0.25, 0.3) is 0 Å². The summed E-state index contributed by atoms with van der Waals surface area (Å²) in [6.45, 7) is 2.67. The lowest BCUT2D eigenvalue weighted by Crippen LogP contribution is -2.48. The molecule has 0 radical (unpaired) electrons. The van der Waals surface area contributed by atoms with E-state index in [1.54, 1.807) is 4.90 Å². The first-order chi connectivity index (χ1) is 9.58. The third kappa shape index (κ3) is 2.32. The number of nitrogens with zero attached hydrogens (tertiary/aromatic N) is 2. The van der Waals surface area contributed by atoms with E-state index in [0.717, 1.165) is 19.4 Å². The molecule has 3 aliphatic rings. The number of hydrogen-bond acceptors (Lipinski definition) is 3. The fraction of sp³-hybridized carbons (Fsp3) is 0.769. The molecule has 0 aromatic rings.